The highest BCUT2D eigenvalue weighted by Crippen LogP contribution is 2.29. The van der Waals surface area contributed by atoms with Gasteiger partial charge in [-0.3, -0.25) is 0 Å². The molecule has 0 saturated carbocycles. The molecule has 0 bridgehead atoms. The minimum absolute atomic E-state index is 0.185. The van der Waals surface area contributed by atoms with Crippen molar-refractivity contribution in [2.75, 3.05) is 39.9 Å². The lowest BCUT2D eigenvalue weighted by Gasteiger charge is -2.36. The number of nitrogens with one attached hydrogen (secondary N) is 1. The minimum Gasteiger partial charge on any atom is -0.381 e. The Labute approximate surface area is 120 Å². The molecule has 0 amide bonds. The van der Waals surface area contributed by atoms with Gasteiger partial charge >= 0.3 is 0 Å². The van der Waals surface area contributed by atoms with E-state index in [0.717, 1.165) is 32.2 Å². The Balaban J connectivity index is 2.51. The summed E-state index contributed by atoms with van der Waals surface area (Å²) in [4.78, 5) is 2.49. The fourth-order valence-corrected chi connectivity index (χ4v) is 2.72. The fourth-order valence-electron chi connectivity index (χ4n) is 2.72. The van der Waals surface area contributed by atoms with Crippen LogP contribution in [0.15, 0.2) is 0 Å². The summed E-state index contributed by atoms with van der Waals surface area (Å²) in [5.41, 5.74) is 0.486. The molecule has 114 valence electrons. The molecule has 0 aromatic rings. The Bertz CT molecular complexity index is 254. The van der Waals surface area contributed by atoms with E-state index in [4.69, 9.17) is 4.74 Å². The molecule has 1 aliphatic rings. The molecule has 0 aromatic heterocycles. The lowest BCUT2D eigenvalue weighted by atomic mass is 9.85. The molecule has 1 saturated heterocycles. The average molecular weight is 270 g/mol. The zero-order valence-electron chi connectivity index (χ0n) is 13.9. The molecule has 0 spiro atoms. The second kappa shape index (κ2) is 7.05. The van der Waals surface area contributed by atoms with Crippen LogP contribution in [0.25, 0.3) is 0 Å². The van der Waals surface area contributed by atoms with E-state index >= 15 is 0 Å². The largest absolute Gasteiger partial charge is 0.381 e. The molecule has 1 N–H and O–H groups in total. The highest BCUT2D eigenvalue weighted by Gasteiger charge is 2.36. The van der Waals surface area contributed by atoms with E-state index in [0.29, 0.717) is 5.41 Å². The first kappa shape index (κ1) is 16.9. The zero-order chi connectivity index (χ0) is 14.5. The van der Waals surface area contributed by atoms with E-state index in [2.05, 4.69) is 51.9 Å². The Morgan fingerprint density at radius 2 is 2.05 bits per heavy atom. The number of hydrogen-bond donors (Lipinski definition) is 1. The SMILES string of the molecule is CCC(C)CN(C)CC1(CNC(C)(C)C)CCOC1. The third kappa shape index (κ3) is 6.24. The van der Waals surface area contributed by atoms with Gasteiger partial charge in [-0.15, -0.1) is 0 Å². The molecular weight excluding hydrogens is 236 g/mol. The van der Waals surface area contributed by atoms with Crippen molar-refractivity contribution in [3.63, 3.8) is 0 Å². The molecule has 3 nitrogen and oxygen atoms in total. The maximum atomic E-state index is 5.69. The van der Waals surface area contributed by atoms with Gasteiger partial charge in [0.25, 0.3) is 0 Å². The summed E-state index contributed by atoms with van der Waals surface area (Å²) in [7, 11) is 2.25. The van der Waals surface area contributed by atoms with Crippen LogP contribution < -0.4 is 5.32 Å². The van der Waals surface area contributed by atoms with E-state index in [9.17, 15) is 0 Å². The molecule has 2 unspecified atom stereocenters. The van der Waals surface area contributed by atoms with E-state index in [1.54, 1.807) is 0 Å². The monoisotopic (exact) mass is 270 g/mol. The van der Waals surface area contributed by atoms with Crippen LogP contribution in [0.1, 0.15) is 47.5 Å². The second-order valence-corrected chi connectivity index (χ2v) is 7.62. The third-order valence-electron chi connectivity index (χ3n) is 4.10. The van der Waals surface area contributed by atoms with Gasteiger partial charge in [-0.25, -0.2) is 0 Å². The molecule has 19 heavy (non-hydrogen) atoms. The van der Waals surface area contributed by atoms with Crippen molar-refractivity contribution in [2.24, 2.45) is 11.3 Å². The highest BCUT2D eigenvalue weighted by atomic mass is 16.5. The summed E-state index contributed by atoms with van der Waals surface area (Å²) in [6.07, 6.45) is 2.44. The molecule has 3 heteroatoms. The fraction of sp³-hybridized carbons (Fsp3) is 1.00. The van der Waals surface area contributed by atoms with Crippen molar-refractivity contribution >= 4 is 0 Å². The number of nitrogens with zero attached hydrogens (tertiary/aromatic N) is 1. The van der Waals surface area contributed by atoms with Gasteiger partial charge in [0, 0.05) is 37.2 Å². The Kier molecular flexibility index (Phi) is 6.28. The van der Waals surface area contributed by atoms with E-state index in [1.165, 1.54) is 19.4 Å². The number of rotatable bonds is 7. The van der Waals surface area contributed by atoms with Crippen molar-refractivity contribution in [3.05, 3.63) is 0 Å². The molecule has 1 heterocycles. The summed E-state index contributed by atoms with van der Waals surface area (Å²) in [6.45, 7) is 16.5. The number of ether oxygens (including phenoxy) is 1. The van der Waals surface area contributed by atoms with Crippen LogP contribution >= 0.6 is 0 Å². The smallest absolute Gasteiger partial charge is 0.0547 e. The van der Waals surface area contributed by atoms with Crippen molar-refractivity contribution in [2.45, 2.75) is 53.0 Å². The summed E-state index contributed by atoms with van der Waals surface area (Å²) in [5.74, 6) is 0.778. The van der Waals surface area contributed by atoms with Gasteiger partial charge in [-0.1, -0.05) is 20.3 Å². The Morgan fingerprint density at radius 3 is 2.53 bits per heavy atom. The van der Waals surface area contributed by atoms with Gasteiger partial charge in [0.1, 0.15) is 0 Å². The first-order valence-corrected chi connectivity index (χ1v) is 7.78. The van der Waals surface area contributed by atoms with Crippen LogP contribution in [0.3, 0.4) is 0 Å². The molecular formula is C16H34N2O. The molecule has 1 fully saturated rings. The molecule has 1 rings (SSSR count). The number of hydrogen-bond acceptors (Lipinski definition) is 3. The first-order chi connectivity index (χ1) is 8.76. The van der Waals surface area contributed by atoms with Crippen LogP contribution in [0.4, 0.5) is 0 Å². The minimum atomic E-state index is 0.185. The van der Waals surface area contributed by atoms with Crippen LogP contribution in [0, 0.1) is 11.3 Å². The van der Waals surface area contributed by atoms with Gasteiger partial charge in [-0.2, -0.15) is 0 Å². The summed E-state index contributed by atoms with van der Waals surface area (Å²) in [6, 6.07) is 0. The molecule has 0 radical (unpaired) electrons. The maximum absolute atomic E-state index is 5.69. The lowest BCUT2D eigenvalue weighted by Crippen LogP contribution is -2.49. The Hall–Kier alpha value is -0.120. The van der Waals surface area contributed by atoms with Gasteiger partial charge in [-0.05, 0) is 40.2 Å². The predicted octanol–water partition coefficient (Wildman–Crippen LogP) is 2.76. The summed E-state index contributed by atoms with van der Waals surface area (Å²) in [5, 5.41) is 3.67. The van der Waals surface area contributed by atoms with Crippen molar-refractivity contribution in [3.8, 4) is 0 Å². The van der Waals surface area contributed by atoms with Crippen LogP contribution in [-0.2, 0) is 4.74 Å². The highest BCUT2D eigenvalue weighted by molar-refractivity contribution is 4.90. The average Bonchev–Trinajstić information content (AvgIpc) is 2.74. The quantitative estimate of drug-likeness (QED) is 0.770. The molecule has 2 atom stereocenters. The maximum Gasteiger partial charge on any atom is 0.0547 e. The van der Waals surface area contributed by atoms with Crippen molar-refractivity contribution < 1.29 is 4.74 Å². The van der Waals surface area contributed by atoms with Gasteiger partial charge in [0.15, 0.2) is 0 Å². The van der Waals surface area contributed by atoms with Crippen molar-refractivity contribution in [1.82, 2.24) is 10.2 Å². The molecule has 1 aliphatic heterocycles. The van der Waals surface area contributed by atoms with E-state index in [-0.39, 0.29) is 5.54 Å². The van der Waals surface area contributed by atoms with Gasteiger partial charge in [0.05, 0.1) is 6.61 Å². The van der Waals surface area contributed by atoms with E-state index < -0.39 is 0 Å². The van der Waals surface area contributed by atoms with Crippen LogP contribution in [0.2, 0.25) is 0 Å². The zero-order valence-corrected chi connectivity index (χ0v) is 13.9. The topological polar surface area (TPSA) is 24.5 Å². The standard InChI is InChI=1S/C16H34N2O/c1-7-14(2)10-18(6)12-16(8-9-19-13-16)11-17-15(3,4)5/h14,17H,7-13H2,1-6H3. The van der Waals surface area contributed by atoms with E-state index in [1.807, 2.05) is 0 Å². The van der Waals surface area contributed by atoms with Crippen LogP contribution in [0.5, 0.6) is 0 Å². The van der Waals surface area contributed by atoms with Crippen molar-refractivity contribution in [1.29, 1.82) is 0 Å². The Morgan fingerprint density at radius 1 is 1.37 bits per heavy atom. The first-order valence-electron chi connectivity index (χ1n) is 7.78. The normalized spacial score (nSPS) is 26.1. The molecule has 0 aliphatic carbocycles. The third-order valence-corrected chi connectivity index (χ3v) is 4.10. The van der Waals surface area contributed by atoms with Gasteiger partial charge in [0.2, 0.25) is 0 Å². The van der Waals surface area contributed by atoms with Gasteiger partial charge < -0.3 is 15.0 Å². The van der Waals surface area contributed by atoms with Crippen LogP contribution in [-0.4, -0.2) is 50.3 Å². The summed E-state index contributed by atoms with van der Waals surface area (Å²) < 4.78 is 5.69. The molecule has 0 aromatic carbocycles. The predicted molar refractivity (Wildman–Crippen MR) is 82.6 cm³/mol. The lowest BCUT2D eigenvalue weighted by molar-refractivity contribution is 0.107. The summed E-state index contributed by atoms with van der Waals surface area (Å²) >= 11 is 0. The second-order valence-electron chi connectivity index (χ2n) is 7.62.